The minimum absolute atomic E-state index is 0.0238. The van der Waals surface area contributed by atoms with Crippen LogP contribution in [0, 0.1) is 22.7 Å². The molecule has 0 aliphatic carbocycles. The topological polar surface area (TPSA) is 151 Å². The number of amides is 7. The normalized spacial score (nSPS) is 11.7. The van der Waals surface area contributed by atoms with E-state index in [0.29, 0.717) is 64.2 Å². The van der Waals surface area contributed by atoms with Crippen molar-refractivity contribution in [2.24, 2.45) is 22.7 Å². The highest BCUT2D eigenvalue weighted by Gasteiger charge is 2.37. The van der Waals surface area contributed by atoms with E-state index in [9.17, 15) is 33.6 Å². The van der Waals surface area contributed by atoms with E-state index in [1.54, 1.807) is 19.6 Å². The molecule has 0 rings (SSSR count). The van der Waals surface area contributed by atoms with Gasteiger partial charge < -0.3 is 39.0 Å². The second-order valence-electron chi connectivity index (χ2n) is 18.7. The van der Waals surface area contributed by atoms with Crippen LogP contribution < -0.4 is 0 Å². The maximum absolute atomic E-state index is 14.4. The molecule has 0 aromatic carbocycles. The van der Waals surface area contributed by atoms with Gasteiger partial charge in [-0.25, -0.2) is 0 Å². The molecule has 0 N–H and O–H groups in total. The van der Waals surface area contributed by atoms with Crippen LogP contribution in [-0.4, -0.2) is 180 Å². The summed E-state index contributed by atoms with van der Waals surface area (Å²) >= 11 is 0. The zero-order valence-electron chi connectivity index (χ0n) is 41.9. The molecule has 0 heterocycles. The van der Waals surface area contributed by atoms with E-state index in [0.717, 1.165) is 46.8 Å². The largest absolute Gasteiger partial charge is 0.371 e. The van der Waals surface area contributed by atoms with Crippen LogP contribution in [0.15, 0.2) is 0 Å². The van der Waals surface area contributed by atoms with Crippen molar-refractivity contribution in [1.82, 2.24) is 34.3 Å². The predicted molar refractivity (Wildman–Crippen MR) is 247 cm³/mol. The monoisotopic (exact) mass is 880 g/mol. The summed E-state index contributed by atoms with van der Waals surface area (Å²) in [6, 6.07) is 0. The number of carbonyl (C=O) groups is 7. The lowest BCUT2D eigenvalue weighted by Gasteiger charge is -2.41. The van der Waals surface area contributed by atoms with Crippen LogP contribution in [-0.2, 0) is 38.3 Å². The number of hydrogen-bond acceptors (Lipinski definition) is 8. The zero-order chi connectivity index (χ0) is 47.8. The highest BCUT2D eigenvalue weighted by molar-refractivity contribution is 5.95. The first-order chi connectivity index (χ1) is 29.0. The van der Waals surface area contributed by atoms with Crippen molar-refractivity contribution in [2.45, 2.75) is 136 Å². The molecule has 0 fully saturated rings. The van der Waals surface area contributed by atoms with Crippen molar-refractivity contribution in [3.63, 3.8) is 0 Å². The number of carbonyl (C=O) groups excluding carboxylic acids is 7. The van der Waals surface area contributed by atoms with Gasteiger partial charge >= 0.3 is 0 Å². The summed E-state index contributed by atoms with van der Waals surface area (Å²) in [7, 11) is 0. The second-order valence-corrected chi connectivity index (χ2v) is 18.7. The third-order valence-corrected chi connectivity index (χ3v) is 11.1. The lowest BCUT2D eigenvalue weighted by Crippen LogP contribution is -2.54. The molecule has 360 valence electrons. The molecule has 0 aliphatic heterocycles. The van der Waals surface area contributed by atoms with E-state index in [-0.39, 0.29) is 41.1 Å². The minimum atomic E-state index is -0.701. The van der Waals surface area contributed by atoms with Crippen LogP contribution in [0.1, 0.15) is 136 Å². The number of nitrogens with zero attached hydrogens (tertiary/aromatic N) is 7. The summed E-state index contributed by atoms with van der Waals surface area (Å²) in [5.74, 6) is -2.72. The molecule has 0 unspecified atom stereocenters. The molecule has 0 atom stereocenters. The minimum Gasteiger partial charge on any atom is -0.371 e. The van der Waals surface area contributed by atoms with Crippen LogP contribution in [0.5, 0.6) is 0 Å². The van der Waals surface area contributed by atoms with Gasteiger partial charge in [-0.1, -0.05) is 61.8 Å². The third-order valence-electron chi connectivity index (χ3n) is 11.1. The van der Waals surface area contributed by atoms with Crippen LogP contribution in [0.4, 0.5) is 0 Å². The molecule has 62 heavy (non-hydrogen) atoms. The molecule has 0 saturated carbocycles. The zero-order valence-corrected chi connectivity index (χ0v) is 41.9. The van der Waals surface area contributed by atoms with Crippen molar-refractivity contribution in [3.8, 4) is 0 Å². The average Bonchev–Trinajstić information content (AvgIpc) is 3.17. The van der Waals surface area contributed by atoms with E-state index in [1.165, 1.54) is 0 Å². The molecule has 0 aliphatic rings. The van der Waals surface area contributed by atoms with Gasteiger partial charge in [-0.2, -0.15) is 0 Å². The quantitative estimate of drug-likeness (QED) is 0.0916. The highest BCUT2D eigenvalue weighted by Crippen LogP contribution is 2.43. The molecule has 15 nitrogen and oxygen atoms in total. The standard InChI is InChI=1S/C47H89N7O8/c1-16-24-25-51(23-8)42(58)31-53(30-41(57)50(21-6)22-7)44(60)33-54(45(61)34-62-36-47(26-37(9)10,27-38(11)12)35-46(13,14)15)32-43(59)52(28-39(55)48(17-2)18-3)29-40(56)49(19-4)20-5/h37-38H,16-36H2,1-15H3. The second kappa shape index (κ2) is 29.6. The first-order valence-corrected chi connectivity index (χ1v) is 23.5. The number of likely N-dealkylation sites (N-methyl/N-ethyl adjacent to an activating group) is 4. The number of unbranched alkanes of at least 4 members (excludes halogenated alkanes) is 1. The van der Waals surface area contributed by atoms with Crippen LogP contribution in [0.2, 0.25) is 0 Å². The Morgan fingerprint density at radius 2 is 0.726 bits per heavy atom. The van der Waals surface area contributed by atoms with E-state index in [4.69, 9.17) is 4.74 Å². The molecule has 0 radical (unpaired) electrons. The summed E-state index contributed by atoms with van der Waals surface area (Å²) in [5.41, 5.74) is -0.265. The van der Waals surface area contributed by atoms with Gasteiger partial charge in [0.25, 0.3) is 0 Å². The van der Waals surface area contributed by atoms with Crippen molar-refractivity contribution in [2.75, 3.05) is 105 Å². The molecule has 7 amide bonds. The Kier molecular flexibility index (Phi) is 27.8. The van der Waals surface area contributed by atoms with E-state index in [2.05, 4.69) is 48.5 Å². The van der Waals surface area contributed by atoms with Gasteiger partial charge in [0.1, 0.15) is 45.9 Å². The Bertz CT molecular complexity index is 1350. The molecular weight excluding hydrogens is 791 g/mol. The Morgan fingerprint density at radius 3 is 1.00 bits per heavy atom. The summed E-state index contributed by atoms with van der Waals surface area (Å²) < 4.78 is 6.31. The van der Waals surface area contributed by atoms with Gasteiger partial charge in [0.15, 0.2) is 0 Å². The van der Waals surface area contributed by atoms with E-state index in [1.807, 2.05) is 55.4 Å². The first kappa shape index (κ1) is 58.2. The highest BCUT2D eigenvalue weighted by atomic mass is 16.5. The maximum Gasteiger partial charge on any atom is 0.249 e. The fourth-order valence-electron chi connectivity index (χ4n) is 8.51. The fourth-order valence-corrected chi connectivity index (χ4v) is 8.51. The maximum atomic E-state index is 14.4. The molecule has 0 aromatic heterocycles. The molecule has 0 aromatic rings. The molecule has 0 spiro atoms. The fraction of sp³-hybridized carbons (Fsp3) is 0.851. The van der Waals surface area contributed by atoms with Gasteiger partial charge in [0.2, 0.25) is 41.4 Å². The van der Waals surface area contributed by atoms with Crippen LogP contribution in [0.3, 0.4) is 0 Å². The predicted octanol–water partition coefficient (Wildman–Crippen LogP) is 5.26. The number of hydrogen-bond donors (Lipinski definition) is 0. The van der Waals surface area contributed by atoms with Crippen molar-refractivity contribution >= 4 is 41.4 Å². The van der Waals surface area contributed by atoms with Gasteiger partial charge in [-0.05, 0) is 96.8 Å². The number of rotatable bonds is 31. The molecule has 0 saturated heterocycles. The smallest absolute Gasteiger partial charge is 0.249 e. The van der Waals surface area contributed by atoms with Crippen LogP contribution in [0.25, 0.3) is 0 Å². The van der Waals surface area contributed by atoms with Gasteiger partial charge in [0, 0.05) is 52.4 Å². The summed E-state index contributed by atoms with van der Waals surface area (Å²) in [5, 5.41) is 0. The van der Waals surface area contributed by atoms with Crippen molar-refractivity contribution in [3.05, 3.63) is 0 Å². The Balaban J connectivity index is 7.23. The SMILES string of the molecule is CCCCN(CC)C(=O)CN(CC(=O)N(CC)CC)C(=O)CN(CC(=O)N(CC(=O)N(CC)CC)CC(=O)N(CC)CC)C(=O)COCC(CC(C)C)(CC(C)C)CC(C)(C)C. The first-order valence-electron chi connectivity index (χ1n) is 23.5. The van der Waals surface area contributed by atoms with E-state index < -0.39 is 63.6 Å². The number of ether oxygens (including phenoxy) is 1. The molecular formula is C47H89N7O8. The Morgan fingerprint density at radius 1 is 0.435 bits per heavy atom. The van der Waals surface area contributed by atoms with Crippen molar-refractivity contribution < 1.29 is 38.3 Å². The van der Waals surface area contributed by atoms with Gasteiger partial charge in [-0.15, -0.1) is 0 Å². The molecule has 15 heteroatoms. The van der Waals surface area contributed by atoms with Gasteiger partial charge in [-0.3, -0.25) is 33.6 Å². The van der Waals surface area contributed by atoms with E-state index >= 15 is 0 Å². The van der Waals surface area contributed by atoms with Crippen molar-refractivity contribution in [1.29, 1.82) is 0 Å². The summed E-state index contributed by atoms with van der Waals surface area (Å²) in [6.45, 7) is 30.4. The molecule has 0 bridgehead atoms. The van der Waals surface area contributed by atoms with Gasteiger partial charge in [0.05, 0.1) is 6.61 Å². The Hall–Kier alpha value is -3.75. The average molecular weight is 880 g/mol. The summed E-state index contributed by atoms with van der Waals surface area (Å²) in [6.07, 6.45) is 4.25. The lowest BCUT2D eigenvalue weighted by atomic mass is 9.66. The van der Waals surface area contributed by atoms with Crippen LogP contribution >= 0.6 is 0 Å². The lowest BCUT2D eigenvalue weighted by molar-refractivity contribution is -0.152. The third kappa shape index (κ3) is 21.6. The summed E-state index contributed by atoms with van der Waals surface area (Å²) in [4.78, 5) is 107. The Labute approximate surface area is 376 Å².